The molecule has 1 amide bonds. The smallest absolute Gasteiger partial charge is 0.240 e. The van der Waals surface area contributed by atoms with Crippen molar-refractivity contribution in [3.05, 3.63) is 0 Å². The summed E-state index contributed by atoms with van der Waals surface area (Å²) in [7, 11) is 0. The predicted molar refractivity (Wildman–Crippen MR) is 58.3 cm³/mol. The molecule has 0 aromatic rings. The van der Waals surface area contributed by atoms with Gasteiger partial charge in [-0.2, -0.15) is 0 Å². The van der Waals surface area contributed by atoms with E-state index in [9.17, 15) is 4.79 Å². The standard InChI is InChI=1S/C9H17N3OS/c1-7-4-12(3-2-10-7)9(13)8-5-14-6-11-8/h7-8,10-11H,2-6H2,1H3/t7-,8-/m1/s1. The lowest BCUT2D eigenvalue weighted by molar-refractivity contribution is -0.133. The van der Waals surface area contributed by atoms with Gasteiger partial charge in [0.05, 0.1) is 6.04 Å². The molecule has 2 aliphatic heterocycles. The lowest BCUT2D eigenvalue weighted by atomic mass is 10.2. The molecule has 0 bridgehead atoms. The number of hydrogen-bond acceptors (Lipinski definition) is 4. The SMILES string of the molecule is C[C@@H]1CN(C(=O)[C@H]2CSCN2)CCN1. The lowest BCUT2D eigenvalue weighted by Gasteiger charge is -2.33. The van der Waals surface area contributed by atoms with Gasteiger partial charge in [-0.1, -0.05) is 0 Å². The van der Waals surface area contributed by atoms with Crippen LogP contribution in [-0.2, 0) is 4.79 Å². The minimum atomic E-state index is 0.0605. The average molecular weight is 215 g/mol. The fourth-order valence-electron chi connectivity index (χ4n) is 1.91. The fraction of sp³-hybridized carbons (Fsp3) is 0.889. The molecule has 0 aliphatic carbocycles. The molecule has 0 unspecified atom stereocenters. The summed E-state index contributed by atoms with van der Waals surface area (Å²) in [6.45, 7) is 4.75. The Balaban J connectivity index is 1.89. The van der Waals surface area contributed by atoms with Gasteiger partial charge in [0.25, 0.3) is 0 Å². The Morgan fingerprint density at radius 3 is 3.00 bits per heavy atom. The molecule has 2 fully saturated rings. The molecule has 2 rings (SSSR count). The van der Waals surface area contributed by atoms with Crippen molar-refractivity contribution in [1.29, 1.82) is 0 Å². The van der Waals surface area contributed by atoms with Crippen molar-refractivity contribution in [3.63, 3.8) is 0 Å². The van der Waals surface area contributed by atoms with Gasteiger partial charge < -0.3 is 10.2 Å². The molecule has 80 valence electrons. The maximum atomic E-state index is 12.0. The minimum Gasteiger partial charge on any atom is -0.338 e. The molecule has 2 N–H and O–H groups in total. The summed E-state index contributed by atoms with van der Waals surface area (Å²) in [5.74, 6) is 2.12. The van der Waals surface area contributed by atoms with E-state index < -0.39 is 0 Å². The van der Waals surface area contributed by atoms with E-state index in [-0.39, 0.29) is 11.9 Å². The highest BCUT2D eigenvalue weighted by Gasteiger charge is 2.29. The van der Waals surface area contributed by atoms with Crippen LogP contribution in [0.5, 0.6) is 0 Å². The van der Waals surface area contributed by atoms with E-state index in [0.717, 1.165) is 31.3 Å². The second-order valence-electron chi connectivity index (χ2n) is 3.91. The third kappa shape index (κ3) is 2.21. The van der Waals surface area contributed by atoms with Crippen LogP contribution in [0.15, 0.2) is 0 Å². The molecule has 2 aliphatic rings. The predicted octanol–water partition coefficient (Wildman–Crippen LogP) is -0.531. The van der Waals surface area contributed by atoms with Gasteiger partial charge >= 0.3 is 0 Å². The molecule has 0 saturated carbocycles. The summed E-state index contributed by atoms with van der Waals surface area (Å²) in [6.07, 6.45) is 0. The molecule has 0 aromatic heterocycles. The van der Waals surface area contributed by atoms with Crippen molar-refractivity contribution in [1.82, 2.24) is 15.5 Å². The Bertz CT molecular complexity index is 218. The molecule has 0 spiro atoms. The number of thioether (sulfide) groups is 1. The molecule has 2 atom stereocenters. The number of carbonyl (C=O) groups excluding carboxylic acids is 1. The van der Waals surface area contributed by atoms with Crippen LogP contribution in [0.25, 0.3) is 0 Å². The first-order chi connectivity index (χ1) is 6.77. The highest BCUT2D eigenvalue weighted by atomic mass is 32.2. The molecule has 0 radical (unpaired) electrons. The quantitative estimate of drug-likeness (QED) is 0.617. The van der Waals surface area contributed by atoms with Gasteiger partial charge in [0.15, 0.2) is 0 Å². The van der Waals surface area contributed by atoms with E-state index in [1.165, 1.54) is 0 Å². The molecule has 2 saturated heterocycles. The van der Waals surface area contributed by atoms with Crippen molar-refractivity contribution in [3.8, 4) is 0 Å². The molecule has 14 heavy (non-hydrogen) atoms. The largest absolute Gasteiger partial charge is 0.338 e. The highest BCUT2D eigenvalue weighted by Crippen LogP contribution is 2.12. The summed E-state index contributed by atoms with van der Waals surface area (Å²) in [6, 6.07) is 0.493. The number of piperazine rings is 1. The number of nitrogens with one attached hydrogen (secondary N) is 2. The average Bonchev–Trinajstić information content (AvgIpc) is 2.69. The first-order valence-corrected chi connectivity index (χ1v) is 6.26. The van der Waals surface area contributed by atoms with Gasteiger partial charge in [0.2, 0.25) is 5.91 Å². The van der Waals surface area contributed by atoms with Gasteiger partial charge in [0, 0.05) is 37.3 Å². The monoisotopic (exact) mass is 215 g/mol. The normalized spacial score (nSPS) is 33.4. The first kappa shape index (κ1) is 10.3. The maximum Gasteiger partial charge on any atom is 0.240 e. The lowest BCUT2D eigenvalue weighted by Crippen LogP contribution is -2.55. The summed E-state index contributed by atoms with van der Waals surface area (Å²) in [5.41, 5.74) is 0. The fourth-order valence-corrected chi connectivity index (χ4v) is 2.84. The van der Waals surface area contributed by atoms with Crippen LogP contribution in [0, 0.1) is 0 Å². The second-order valence-corrected chi connectivity index (χ2v) is 4.94. The second kappa shape index (κ2) is 4.51. The van der Waals surface area contributed by atoms with E-state index in [1.54, 1.807) is 11.8 Å². The molecule has 5 heteroatoms. The zero-order valence-corrected chi connectivity index (χ0v) is 9.27. The topological polar surface area (TPSA) is 44.4 Å². The number of nitrogens with zero attached hydrogens (tertiary/aromatic N) is 1. The Morgan fingerprint density at radius 1 is 1.50 bits per heavy atom. The zero-order valence-electron chi connectivity index (χ0n) is 8.45. The van der Waals surface area contributed by atoms with Crippen LogP contribution in [0.2, 0.25) is 0 Å². The van der Waals surface area contributed by atoms with Crippen molar-refractivity contribution in [2.45, 2.75) is 19.0 Å². The van der Waals surface area contributed by atoms with Gasteiger partial charge in [-0.25, -0.2) is 0 Å². The van der Waals surface area contributed by atoms with E-state index in [2.05, 4.69) is 17.6 Å². The van der Waals surface area contributed by atoms with E-state index in [4.69, 9.17) is 0 Å². The van der Waals surface area contributed by atoms with Crippen molar-refractivity contribution >= 4 is 17.7 Å². The van der Waals surface area contributed by atoms with E-state index in [1.807, 2.05) is 4.90 Å². The Hall–Kier alpha value is -0.260. The number of rotatable bonds is 1. The molecule has 2 heterocycles. The molecular formula is C9H17N3OS. The van der Waals surface area contributed by atoms with Crippen molar-refractivity contribution < 1.29 is 4.79 Å². The Labute approximate surface area is 88.8 Å². The van der Waals surface area contributed by atoms with Crippen LogP contribution < -0.4 is 10.6 Å². The van der Waals surface area contributed by atoms with Crippen LogP contribution in [0.1, 0.15) is 6.92 Å². The van der Waals surface area contributed by atoms with Crippen LogP contribution in [0.3, 0.4) is 0 Å². The Morgan fingerprint density at radius 2 is 2.36 bits per heavy atom. The number of amides is 1. The molecule has 0 aromatic carbocycles. The summed E-state index contributed by atoms with van der Waals surface area (Å²) < 4.78 is 0. The Kier molecular flexibility index (Phi) is 3.30. The van der Waals surface area contributed by atoms with Gasteiger partial charge in [-0.15, -0.1) is 11.8 Å². The summed E-state index contributed by atoms with van der Waals surface area (Å²) >= 11 is 1.80. The zero-order chi connectivity index (χ0) is 9.97. The van der Waals surface area contributed by atoms with Crippen LogP contribution in [0.4, 0.5) is 0 Å². The first-order valence-electron chi connectivity index (χ1n) is 5.10. The maximum absolute atomic E-state index is 12.0. The third-order valence-electron chi connectivity index (χ3n) is 2.69. The van der Waals surface area contributed by atoms with Crippen LogP contribution in [-0.4, -0.2) is 54.2 Å². The number of hydrogen-bond donors (Lipinski definition) is 2. The summed E-state index contributed by atoms with van der Waals surface area (Å²) in [4.78, 5) is 13.9. The van der Waals surface area contributed by atoms with E-state index in [0.29, 0.717) is 6.04 Å². The molecule has 4 nitrogen and oxygen atoms in total. The van der Waals surface area contributed by atoms with E-state index >= 15 is 0 Å². The number of carbonyl (C=O) groups is 1. The summed E-state index contributed by atoms with van der Waals surface area (Å²) in [5, 5.41) is 6.56. The van der Waals surface area contributed by atoms with Gasteiger partial charge in [0.1, 0.15) is 0 Å². The van der Waals surface area contributed by atoms with Crippen molar-refractivity contribution in [2.75, 3.05) is 31.3 Å². The van der Waals surface area contributed by atoms with Gasteiger partial charge in [-0.05, 0) is 6.92 Å². The van der Waals surface area contributed by atoms with Crippen LogP contribution >= 0.6 is 11.8 Å². The van der Waals surface area contributed by atoms with Gasteiger partial charge in [-0.3, -0.25) is 10.1 Å². The van der Waals surface area contributed by atoms with Crippen molar-refractivity contribution in [2.24, 2.45) is 0 Å². The minimum absolute atomic E-state index is 0.0605. The highest BCUT2D eigenvalue weighted by molar-refractivity contribution is 7.99. The molecular weight excluding hydrogens is 198 g/mol. The third-order valence-corrected chi connectivity index (χ3v) is 3.63.